The summed E-state index contributed by atoms with van der Waals surface area (Å²) < 4.78 is 0. The monoisotopic (exact) mass is 389 g/mol. The summed E-state index contributed by atoms with van der Waals surface area (Å²) in [6, 6.07) is 10.2. The predicted molar refractivity (Wildman–Crippen MR) is 112 cm³/mol. The summed E-state index contributed by atoms with van der Waals surface area (Å²) in [5.74, 6) is 2.68. The van der Waals surface area contributed by atoms with Gasteiger partial charge in [-0.15, -0.1) is 21.5 Å². The molecule has 4 aromatic rings. The van der Waals surface area contributed by atoms with E-state index in [-0.39, 0.29) is 0 Å². The van der Waals surface area contributed by atoms with Gasteiger partial charge in [0, 0.05) is 37.8 Å². The van der Waals surface area contributed by atoms with Gasteiger partial charge in [-0.2, -0.15) is 0 Å². The van der Waals surface area contributed by atoms with Crippen molar-refractivity contribution in [3.63, 3.8) is 0 Å². The molecule has 0 amide bonds. The Morgan fingerprint density at radius 3 is 2.54 bits per heavy atom. The fraction of sp³-hybridized carbons (Fsp3) is 0.250. The molecule has 0 unspecified atom stereocenters. The lowest BCUT2D eigenvalue weighted by Crippen LogP contribution is -2.47. The van der Waals surface area contributed by atoms with Gasteiger partial charge in [0.25, 0.3) is 0 Å². The quantitative estimate of drug-likeness (QED) is 0.533. The van der Waals surface area contributed by atoms with Gasteiger partial charge in [0.15, 0.2) is 5.82 Å². The maximum absolute atomic E-state index is 4.70. The number of piperazine rings is 1. The number of aromatic nitrogens is 5. The topological polar surface area (TPSA) is 70.9 Å². The number of aryl methyl sites for hydroxylation is 1. The van der Waals surface area contributed by atoms with Gasteiger partial charge in [-0.1, -0.05) is 6.07 Å². The molecule has 0 spiro atoms. The van der Waals surface area contributed by atoms with Gasteiger partial charge >= 0.3 is 0 Å². The van der Waals surface area contributed by atoms with Gasteiger partial charge in [-0.3, -0.25) is 4.98 Å². The number of hydrogen-bond donors (Lipinski definition) is 0. The zero-order valence-electron chi connectivity index (χ0n) is 15.5. The van der Waals surface area contributed by atoms with Gasteiger partial charge < -0.3 is 9.80 Å². The normalized spacial score (nSPS) is 14.6. The lowest BCUT2D eigenvalue weighted by atomic mass is 10.2. The minimum absolute atomic E-state index is 0.771. The molecule has 140 valence electrons. The molecule has 4 aromatic heterocycles. The van der Waals surface area contributed by atoms with Crippen LogP contribution < -0.4 is 9.80 Å². The third-order valence-corrected chi connectivity index (χ3v) is 5.81. The van der Waals surface area contributed by atoms with E-state index in [1.807, 2.05) is 19.1 Å². The molecule has 28 heavy (non-hydrogen) atoms. The molecule has 1 aliphatic heterocycles. The van der Waals surface area contributed by atoms with Crippen LogP contribution in [-0.2, 0) is 0 Å². The van der Waals surface area contributed by atoms with E-state index in [0.29, 0.717) is 0 Å². The van der Waals surface area contributed by atoms with E-state index < -0.39 is 0 Å². The number of nitrogens with zero attached hydrogens (tertiary/aromatic N) is 7. The van der Waals surface area contributed by atoms with Crippen LogP contribution in [-0.4, -0.2) is 51.3 Å². The van der Waals surface area contributed by atoms with Gasteiger partial charge in [-0.25, -0.2) is 9.97 Å². The molecule has 1 saturated heterocycles. The molecule has 0 bridgehead atoms. The predicted octanol–water partition coefficient (Wildman–Crippen LogP) is 3.18. The molecular weight excluding hydrogens is 370 g/mol. The fourth-order valence-corrected chi connectivity index (χ4v) is 4.21. The highest BCUT2D eigenvalue weighted by Gasteiger charge is 2.21. The molecule has 1 fully saturated rings. The minimum Gasteiger partial charge on any atom is -0.352 e. The smallest absolute Gasteiger partial charge is 0.151 e. The van der Waals surface area contributed by atoms with Crippen LogP contribution in [0.3, 0.4) is 0 Å². The van der Waals surface area contributed by atoms with Gasteiger partial charge in [0.1, 0.15) is 17.3 Å². The van der Waals surface area contributed by atoms with Crippen LogP contribution >= 0.6 is 11.3 Å². The number of rotatable bonds is 3. The van der Waals surface area contributed by atoms with Crippen LogP contribution in [0.4, 0.5) is 11.6 Å². The molecule has 8 heteroatoms. The van der Waals surface area contributed by atoms with Crippen LogP contribution in [0.25, 0.3) is 21.5 Å². The standard InChI is InChI=1S/C20H19N7S/c1-14-22-17-13-21-7-6-15(17)20(23-14)27-10-8-26(9-11-27)19-5-4-16(24-25-19)18-3-2-12-28-18/h2-7,12-13H,8-11H2,1H3. The van der Waals surface area contributed by atoms with Gasteiger partial charge in [0.2, 0.25) is 0 Å². The second-order valence-electron chi connectivity index (χ2n) is 6.72. The third-order valence-electron chi connectivity index (χ3n) is 4.92. The first-order valence-corrected chi connectivity index (χ1v) is 10.1. The van der Waals surface area contributed by atoms with Crippen molar-refractivity contribution in [2.24, 2.45) is 0 Å². The number of anilines is 2. The largest absolute Gasteiger partial charge is 0.352 e. The average molecular weight is 389 g/mol. The van der Waals surface area contributed by atoms with E-state index >= 15 is 0 Å². The Balaban J connectivity index is 1.33. The van der Waals surface area contributed by atoms with Crippen molar-refractivity contribution in [2.75, 3.05) is 36.0 Å². The minimum atomic E-state index is 0.771. The molecule has 0 aromatic carbocycles. The van der Waals surface area contributed by atoms with E-state index in [1.165, 1.54) is 0 Å². The first kappa shape index (κ1) is 17.0. The average Bonchev–Trinajstić information content (AvgIpc) is 3.28. The van der Waals surface area contributed by atoms with Crippen LogP contribution in [0.1, 0.15) is 5.82 Å². The van der Waals surface area contributed by atoms with Gasteiger partial charge in [-0.05, 0) is 36.6 Å². The summed E-state index contributed by atoms with van der Waals surface area (Å²) in [6.07, 6.45) is 3.60. The Morgan fingerprint density at radius 1 is 0.929 bits per heavy atom. The summed E-state index contributed by atoms with van der Waals surface area (Å²) in [5, 5.41) is 12.0. The third kappa shape index (κ3) is 3.16. The molecule has 0 atom stereocenters. The van der Waals surface area contributed by atoms with Crippen molar-refractivity contribution >= 4 is 33.9 Å². The van der Waals surface area contributed by atoms with E-state index in [2.05, 4.69) is 53.5 Å². The molecule has 7 nitrogen and oxygen atoms in total. The maximum Gasteiger partial charge on any atom is 0.151 e. The van der Waals surface area contributed by atoms with Crippen molar-refractivity contribution < 1.29 is 0 Å². The molecular formula is C20H19N7S. The van der Waals surface area contributed by atoms with E-state index in [1.54, 1.807) is 23.7 Å². The number of thiophene rings is 1. The Bertz CT molecular complexity index is 1090. The van der Waals surface area contributed by atoms with Crippen LogP contribution in [0.5, 0.6) is 0 Å². The molecule has 0 radical (unpaired) electrons. The van der Waals surface area contributed by atoms with Crippen molar-refractivity contribution in [2.45, 2.75) is 6.92 Å². The zero-order chi connectivity index (χ0) is 18.9. The Hall–Kier alpha value is -3.13. The Labute approximate surface area is 166 Å². The summed E-state index contributed by atoms with van der Waals surface area (Å²) in [7, 11) is 0. The van der Waals surface area contributed by atoms with E-state index in [0.717, 1.165) is 65.1 Å². The van der Waals surface area contributed by atoms with Crippen molar-refractivity contribution in [3.05, 3.63) is 53.9 Å². The molecule has 0 aliphatic carbocycles. The number of pyridine rings is 1. The van der Waals surface area contributed by atoms with Crippen LogP contribution in [0.15, 0.2) is 48.1 Å². The van der Waals surface area contributed by atoms with Crippen molar-refractivity contribution in [1.82, 2.24) is 25.1 Å². The summed E-state index contributed by atoms with van der Waals surface area (Å²) in [4.78, 5) is 19.1. The highest BCUT2D eigenvalue weighted by molar-refractivity contribution is 7.13. The maximum atomic E-state index is 4.70. The van der Waals surface area contributed by atoms with E-state index in [4.69, 9.17) is 4.98 Å². The summed E-state index contributed by atoms with van der Waals surface area (Å²) >= 11 is 1.68. The first-order valence-electron chi connectivity index (χ1n) is 9.24. The zero-order valence-corrected chi connectivity index (χ0v) is 16.3. The van der Waals surface area contributed by atoms with Gasteiger partial charge in [0.05, 0.1) is 16.6 Å². The molecule has 1 aliphatic rings. The number of fused-ring (bicyclic) bond motifs is 1. The molecule has 5 rings (SSSR count). The van der Waals surface area contributed by atoms with E-state index in [9.17, 15) is 0 Å². The summed E-state index contributed by atoms with van der Waals surface area (Å²) in [5.41, 5.74) is 1.82. The Morgan fingerprint density at radius 2 is 1.79 bits per heavy atom. The lowest BCUT2D eigenvalue weighted by molar-refractivity contribution is 0.639. The highest BCUT2D eigenvalue weighted by atomic mass is 32.1. The fourth-order valence-electron chi connectivity index (χ4n) is 3.52. The number of hydrogen-bond acceptors (Lipinski definition) is 8. The Kier molecular flexibility index (Phi) is 4.32. The highest BCUT2D eigenvalue weighted by Crippen LogP contribution is 2.26. The van der Waals surface area contributed by atoms with Crippen LogP contribution in [0, 0.1) is 6.92 Å². The second kappa shape index (κ2) is 7.12. The molecule has 5 heterocycles. The molecule has 0 saturated carbocycles. The summed E-state index contributed by atoms with van der Waals surface area (Å²) in [6.45, 7) is 5.44. The van der Waals surface area contributed by atoms with Crippen molar-refractivity contribution in [1.29, 1.82) is 0 Å². The SMILES string of the molecule is Cc1nc(N2CCN(c3ccc(-c4cccs4)nn3)CC2)c2ccncc2n1. The van der Waals surface area contributed by atoms with Crippen molar-refractivity contribution in [3.8, 4) is 10.6 Å². The first-order chi connectivity index (χ1) is 13.8. The second-order valence-corrected chi connectivity index (χ2v) is 7.66. The van der Waals surface area contributed by atoms with Crippen LogP contribution in [0.2, 0.25) is 0 Å². The lowest BCUT2D eigenvalue weighted by Gasteiger charge is -2.36. The molecule has 0 N–H and O–H groups in total.